The van der Waals surface area contributed by atoms with Crippen molar-refractivity contribution in [3.63, 3.8) is 0 Å². The van der Waals surface area contributed by atoms with Gasteiger partial charge in [-0.15, -0.1) is 0 Å². The van der Waals surface area contributed by atoms with Crippen LogP contribution in [0.3, 0.4) is 0 Å². The minimum atomic E-state index is -0.0375. The van der Waals surface area contributed by atoms with Crippen molar-refractivity contribution >= 4 is 11.7 Å². The molecule has 5 aliphatic rings. The van der Waals surface area contributed by atoms with Gasteiger partial charge in [-0.3, -0.25) is 9.59 Å². The third-order valence-corrected chi connectivity index (χ3v) is 20.4. The van der Waals surface area contributed by atoms with E-state index in [-0.39, 0.29) is 24.2 Å². The lowest BCUT2D eigenvalue weighted by atomic mass is 9.42. The summed E-state index contributed by atoms with van der Waals surface area (Å²) >= 11 is 0. The van der Waals surface area contributed by atoms with Gasteiger partial charge in [0.2, 0.25) is 5.91 Å². The summed E-state index contributed by atoms with van der Waals surface area (Å²) in [5.41, 5.74) is 1.41. The summed E-state index contributed by atoms with van der Waals surface area (Å²) < 4.78 is 18.4. The van der Waals surface area contributed by atoms with Crippen molar-refractivity contribution in [2.24, 2.45) is 63.6 Å². The fraction of sp³-hybridized carbons (Fsp3) is 0.906. The molecule has 0 spiro atoms. The number of nitrogens with one attached hydrogen (secondary N) is 1. The first-order valence-electron chi connectivity index (χ1n) is 30.7. The zero-order chi connectivity index (χ0) is 50.1. The Kier molecular flexibility index (Phi) is 27.2. The second-order valence-corrected chi connectivity index (χ2v) is 25.5. The van der Waals surface area contributed by atoms with Crippen molar-refractivity contribution in [1.82, 2.24) is 5.32 Å². The first kappa shape index (κ1) is 59.4. The molecule has 0 aromatic heterocycles. The molecule has 6 nitrogen and oxygen atoms in total. The number of amides is 1. The quantitative estimate of drug-likeness (QED) is 0.0500. The normalized spacial score (nSPS) is 30.1. The Morgan fingerprint density at radius 3 is 2.14 bits per heavy atom. The number of unbranched alkanes of at least 4 members (excludes halogenated alkanes) is 9. The van der Waals surface area contributed by atoms with Crippen molar-refractivity contribution in [3.05, 3.63) is 24.3 Å². The summed E-state index contributed by atoms with van der Waals surface area (Å²) in [6, 6.07) is 0. The second kappa shape index (κ2) is 32.1. The van der Waals surface area contributed by atoms with E-state index in [1.165, 1.54) is 173 Å². The van der Waals surface area contributed by atoms with Gasteiger partial charge in [-0.05, 0) is 166 Å². The molecule has 5 saturated carbocycles. The number of fused-ring (bicyclic) bond motifs is 5. The largest absolute Gasteiger partial charge is 0.379 e. The Bertz CT molecular complexity index is 1500. The van der Waals surface area contributed by atoms with E-state index >= 15 is 0 Å². The average molecular weight is 977 g/mol. The highest BCUT2D eigenvalue weighted by atomic mass is 16.5. The lowest BCUT2D eigenvalue weighted by molar-refractivity contribution is -0.139. The van der Waals surface area contributed by atoms with E-state index in [0.29, 0.717) is 68.0 Å². The number of Topliss-reactive ketones (excluding diaryl/α,β-unsaturated/α-hetero) is 1. The molecule has 0 aromatic carbocycles. The predicted octanol–water partition coefficient (Wildman–Crippen LogP) is 17.2. The standard InChI is InChI=1S/C64H113NO5/c1-8-9-10-11-12-13-14-15-16-17-18-19-20-21-22-26-43-69-50-57(49-53-30-24-23-25-31-53)70-46-45-68-44-42-65-61(67)35-33-56(66)48-54-36-39-62(5)55(47-54)32-34-58-59(62)37-41-64(7)60(58)38-40-63(64,6)52(4)29-27-28-51(2)3/h12-13,15-16,51-55,57-60H,8-11,14,17-50H2,1-7H3,(H,65,67)/b13-12-,16-15-/t52-,54+,55?,57?,58-,59?,60+,62+,63-,64+/m1/s1. The maximum absolute atomic E-state index is 13.3. The first-order valence-corrected chi connectivity index (χ1v) is 30.7. The van der Waals surface area contributed by atoms with Gasteiger partial charge >= 0.3 is 0 Å². The molecule has 0 aliphatic heterocycles. The lowest BCUT2D eigenvalue weighted by Gasteiger charge is -2.63. The summed E-state index contributed by atoms with van der Waals surface area (Å²) in [5.74, 6) is 6.52. The van der Waals surface area contributed by atoms with Gasteiger partial charge in [-0.2, -0.15) is 0 Å². The molecular weight excluding hydrogens is 863 g/mol. The minimum Gasteiger partial charge on any atom is -0.379 e. The number of hydrogen-bond donors (Lipinski definition) is 1. The van der Waals surface area contributed by atoms with Crippen LogP contribution in [-0.4, -0.2) is 57.4 Å². The Morgan fingerprint density at radius 1 is 0.657 bits per heavy atom. The number of allylic oxidation sites excluding steroid dienone is 4. The van der Waals surface area contributed by atoms with E-state index in [4.69, 9.17) is 14.2 Å². The molecule has 5 fully saturated rings. The van der Waals surface area contributed by atoms with Crippen molar-refractivity contribution in [2.75, 3.05) is 39.6 Å². The highest BCUT2D eigenvalue weighted by Gasteiger charge is 2.64. The fourth-order valence-corrected chi connectivity index (χ4v) is 15.6. The van der Waals surface area contributed by atoms with E-state index in [9.17, 15) is 9.59 Å². The third kappa shape index (κ3) is 18.7. The molecule has 70 heavy (non-hydrogen) atoms. The molecule has 5 rings (SSSR count). The van der Waals surface area contributed by atoms with Crippen molar-refractivity contribution < 1.29 is 23.8 Å². The molecule has 0 saturated heterocycles. The summed E-state index contributed by atoms with van der Waals surface area (Å²) in [7, 11) is 0. The fourth-order valence-electron chi connectivity index (χ4n) is 15.6. The Labute approximate surface area is 433 Å². The number of carbonyl (C=O) groups is 2. The van der Waals surface area contributed by atoms with Crippen LogP contribution in [0.25, 0.3) is 0 Å². The third-order valence-electron chi connectivity index (χ3n) is 20.4. The zero-order valence-electron chi connectivity index (χ0n) is 47.1. The number of hydrogen-bond acceptors (Lipinski definition) is 5. The van der Waals surface area contributed by atoms with E-state index in [1.807, 2.05) is 0 Å². The molecule has 0 radical (unpaired) electrons. The van der Waals surface area contributed by atoms with Crippen LogP contribution >= 0.6 is 0 Å². The highest BCUT2D eigenvalue weighted by Crippen LogP contribution is 2.72. The van der Waals surface area contributed by atoms with Gasteiger partial charge in [-0.1, -0.05) is 163 Å². The van der Waals surface area contributed by atoms with Crippen LogP contribution in [0.2, 0.25) is 0 Å². The van der Waals surface area contributed by atoms with Crippen LogP contribution in [0, 0.1) is 63.6 Å². The van der Waals surface area contributed by atoms with Crippen LogP contribution in [0.5, 0.6) is 0 Å². The monoisotopic (exact) mass is 976 g/mol. The number of ketones is 1. The van der Waals surface area contributed by atoms with Crippen molar-refractivity contribution in [3.8, 4) is 0 Å². The molecule has 0 aromatic rings. The minimum absolute atomic E-state index is 0.0375. The predicted molar refractivity (Wildman–Crippen MR) is 295 cm³/mol. The average Bonchev–Trinajstić information content (AvgIpc) is 3.63. The van der Waals surface area contributed by atoms with Crippen molar-refractivity contribution in [1.29, 1.82) is 0 Å². The Balaban J connectivity index is 0.883. The van der Waals surface area contributed by atoms with Gasteiger partial charge in [-0.25, -0.2) is 0 Å². The summed E-state index contributed by atoms with van der Waals surface area (Å²) in [5, 5.41) is 3.00. The number of ether oxygens (including phenoxy) is 3. The van der Waals surface area contributed by atoms with Gasteiger partial charge in [0.1, 0.15) is 5.78 Å². The van der Waals surface area contributed by atoms with Crippen molar-refractivity contribution in [2.45, 2.75) is 266 Å². The molecule has 6 heteroatoms. The molecule has 404 valence electrons. The molecule has 5 aliphatic carbocycles. The Hall–Kier alpha value is -1.50. The maximum Gasteiger partial charge on any atom is 0.220 e. The van der Waals surface area contributed by atoms with E-state index in [1.54, 1.807) is 0 Å². The zero-order valence-corrected chi connectivity index (χ0v) is 47.1. The molecule has 1 amide bonds. The van der Waals surface area contributed by atoms with Crippen LogP contribution in [0.1, 0.15) is 260 Å². The molecule has 3 unspecified atom stereocenters. The van der Waals surface area contributed by atoms with E-state index < -0.39 is 0 Å². The second-order valence-electron chi connectivity index (χ2n) is 25.5. The smallest absolute Gasteiger partial charge is 0.220 e. The van der Waals surface area contributed by atoms with E-state index in [2.05, 4.69) is 78.1 Å². The summed E-state index contributed by atoms with van der Waals surface area (Å²) in [6.45, 7) is 21.2. The first-order chi connectivity index (χ1) is 33.9. The van der Waals surface area contributed by atoms with E-state index in [0.717, 1.165) is 67.3 Å². The molecule has 10 atom stereocenters. The molecule has 0 heterocycles. The lowest BCUT2D eigenvalue weighted by Crippen LogP contribution is -2.55. The summed E-state index contributed by atoms with van der Waals surface area (Å²) in [6.07, 6.45) is 50.0. The summed E-state index contributed by atoms with van der Waals surface area (Å²) in [4.78, 5) is 26.0. The number of rotatable bonds is 36. The van der Waals surface area contributed by atoms with Gasteiger partial charge in [0.15, 0.2) is 0 Å². The van der Waals surface area contributed by atoms with Crippen LogP contribution in [0.15, 0.2) is 24.3 Å². The van der Waals surface area contributed by atoms with Gasteiger partial charge in [0.25, 0.3) is 0 Å². The van der Waals surface area contributed by atoms with Crippen LogP contribution in [0.4, 0.5) is 0 Å². The Morgan fingerprint density at radius 2 is 1.39 bits per heavy atom. The highest BCUT2D eigenvalue weighted by molar-refractivity contribution is 5.85. The molecular formula is C64H113NO5. The molecule has 1 N–H and O–H groups in total. The van der Waals surface area contributed by atoms with Gasteiger partial charge < -0.3 is 19.5 Å². The van der Waals surface area contributed by atoms with Crippen LogP contribution in [-0.2, 0) is 23.8 Å². The maximum atomic E-state index is 13.3. The van der Waals surface area contributed by atoms with Crippen LogP contribution < -0.4 is 5.32 Å². The number of carbonyl (C=O) groups excluding carboxylic acids is 2. The molecule has 0 bridgehead atoms. The SMILES string of the molecule is CCCCC/C=C\C/C=C\CCCCCCCCOCC(CC1CCCCC1)OCCOCCNC(=O)CCC(=O)C[C@H]1CC[C@@]2(C)C(CC[C@@H]3C2CC[C@@]2(C)[C@H]3CC[C@]2(C)[C@H](C)CCCC(C)C)C1. The van der Waals surface area contributed by atoms with Gasteiger partial charge in [0.05, 0.1) is 32.5 Å². The van der Waals surface area contributed by atoms with Gasteiger partial charge in [0, 0.05) is 32.4 Å². The topological polar surface area (TPSA) is 73.9 Å².